The summed E-state index contributed by atoms with van der Waals surface area (Å²) in [6.07, 6.45) is -3.37. The zero-order valence-electron chi connectivity index (χ0n) is 12.0. The first-order valence-corrected chi connectivity index (χ1v) is 7.11. The van der Waals surface area contributed by atoms with Gasteiger partial charge < -0.3 is 10.6 Å². The highest BCUT2D eigenvalue weighted by Crippen LogP contribution is 2.32. The van der Waals surface area contributed by atoms with Crippen LogP contribution in [-0.2, 0) is 0 Å². The molecule has 2 rings (SSSR count). The van der Waals surface area contributed by atoms with Crippen molar-refractivity contribution in [3.8, 4) is 0 Å². The molecule has 0 bridgehead atoms. The van der Waals surface area contributed by atoms with Gasteiger partial charge in [-0.25, -0.2) is 4.39 Å². The van der Waals surface area contributed by atoms with Crippen molar-refractivity contribution in [2.24, 2.45) is 0 Å². The first-order chi connectivity index (χ1) is 9.76. The van der Waals surface area contributed by atoms with E-state index < -0.39 is 18.4 Å². The molecule has 1 aliphatic rings. The molecule has 1 aliphatic heterocycles. The van der Waals surface area contributed by atoms with Crippen LogP contribution in [0.4, 0.5) is 23.2 Å². The van der Waals surface area contributed by atoms with E-state index in [0.717, 1.165) is 24.0 Å². The summed E-state index contributed by atoms with van der Waals surface area (Å²) in [5.41, 5.74) is 7.54. The van der Waals surface area contributed by atoms with Crippen LogP contribution in [0, 0.1) is 12.7 Å². The average Bonchev–Trinajstić information content (AvgIpc) is 2.40. The minimum Gasteiger partial charge on any atom is -0.396 e. The number of hydrogen-bond acceptors (Lipinski definition) is 2. The largest absolute Gasteiger partial charge is 0.396 e. The summed E-state index contributed by atoms with van der Waals surface area (Å²) in [6, 6.07) is 3.10. The minimum absolute atomic E-state index is 0.0469. The lowest BCUT2D eigenvalue weighted by Gasteiger charge is -2.33. The second-order valence-electron chi connectivity index (χ2n) is 5.71. The molecule has 2 N–H and O–H groups in total. The van der Waals surface area contributed by atoms with E-state index in [0.29, 0.717) is 13.1 Å². The number of likely N-dealkylation sites (tertiary alicyclic amines) is 1. The molecule has 0 unspecified atom stereocenters. The highest BCUT2D eigenvalue weighted by Gasteiger charge is 2.29. The Kier molecular flexibility index (Phi) is 4.76. The number of nitrogen functional groups attached to an aromatic ring is 1. The van der Waals surface area contributed by atoms with E-state index in [1.807, 2.05) is 11.8 Å². The van der Waals surface area contributed by atoms with Gasteiger partial charge in [0.15, 0.2) is 0 Å². The molecule has 1 heterocycles. The van der Waals surface area contributed by atoms with Crippen LogP contribution < -0.4 is 5.73 Å². The van der Waals surface area contributed by atoms with Gasteiger partial charge >= 0.3 is 6.18 Å². The normalized spacial score (nSPS) is 18.1. The molecule has 118 valence electrons. The number of nitrogens with two attached hydrogens (primary N) is 1. The van der Waals surface area contributed by atoms with Crippen molar-refractivity contribution < 1.29 is 17.6 Å². The fourth-order valence-corrected chi connectivity index (χ4v) is 2.91. The van der Waals surface area contributed by atoms with Gasteiger partial charge in [-0.3, -0.25) is 0 Å². The van der Waals surface area contributed by atoms with E-state index in [-0.39, 0.29) is 18.2 Å². The Morgan fingerprint density at radius 2 is 1.86 bits per heavy atom. The van der Waals surface area contributed by atoms with E-state index >= 15 is 0 Å². The maximum Gasteiger partial charge on any atom is 0.390 e. The lowest BCUT2D eigenvalue weighted by molar-refractivity contribution is -0.138. The molecule has 0 radical (unpaired) electrons. The lowest BCUT2D eigenvalue weighted by Crippen LogP contribution is -2.35. The second-order valence-corrected chi connectivity index (χ2v) is 5.71. The molecule has 0 aliphatic carbocycles. The van der Waals surface area contributed by atoms with Crippen molar-refractivity contribution in [2.75, 3.05) is 25.4 Å². The number of benzene rings is 1. The van der Waals surface area contributed by atoms with Gasteiger partial charge in [0.2, 0.25) is 0 Å². The minimum atomic E-state index is -4.10. The molecule has 1 saturated heterocycles. The van der Waals surface area contributed by atoms with Crippen LogP contribution in [-0.4, -0.2) is 30.7 Å². The van der Waals surface area contributed by atoms with Gasteiger partial charge in [-0.2, -0.15) is 13.2 Å². The number of rotatable bonds is 3. The Labute approximate surface area is 121 Å². The highest BCUT2D eigenvalue weighted by molar-refractivity contribution is 5.47. The van der Waals surface area contributed by atoms with Crippen LogP contribution in [0.2, 0.25) is 0 Å². The number of anilines is 1. The van der Waals surface area contributed by atoms with Crippen molar-refractivity contribution >= 4 is 5.69 Å². The first-order valence-electron chi connectivity index (χ1n) is 7.11. The van der Waals surface area contributed by atoms with Crippen LogP contribution in [0.1, 0.15) is 36.3 Å². The van der Waals surface area contributed by atoms with Crippen LogP contribution in [0.3, 0.4) is 0 Å². The maximum absolute atomic E-state index is 13.6. The predicted octanol–water partition coefficient (Wildman–Crippen LogP) is 3.85. The topological polar surface area (TPSA) is 29.3 Å². The van der Waals surface area contributed by atoms with Crippen molar-refractivity contribution in [1.29, 1.82) is 0 Å². The first kappa shape index (κ1) is 16.1. The summed E-state index contributed by atoms with van der Waals surface area (Å²) in [5, 5.41) is 0. The SMILES string of the molecule is Cc1cc(N)c(F)cc1C1CCN(CCC(F)(F)F)CC1. The van der Waals surface area contributed by atoms with Gasteiger partial charge in [0.1, 0.15) is 5.82 Å². The monoisotopic (exact) mass is 304 g/mol. The van der Waals surface area contributed by atoms with E-state index in [4.69, 9.17) is 5.73 Å². The zero-order valence-corrected chi connectivity index (χ0v) is 12.0. The van der Waals surface area contributed by atoms with Gasteiger partial charge in [0.25, 0.3) is 0 Å². The van der Waals surface area contributed by atoms with E-state index in [9.17, 15) is 17.6 Å². The third-order valence-electron chi connectivity index (χ3n) is 4.12. The zero-order chi connectivity index (χ0) is 15.6. The summed E-state index contributed by atoms with van der Waals surface area (Å²) in [7, 11) is 0. The molecule has 1 fully saturated rings. The number of aryl methyl sites for hydroxylation is 1. The van der Waals surface area contributed by atoms with Crippen molar-refractivity contribution in [2.45, 2.75) is 38.3 Å². The number of halogens is 4. The van der Waals surface area contributed by atoms with Crippen molar-refractivity contribution in [3.63, 3.8) is 0 Å². The standard InChI is InChI=1S/C15H20F4N2/c1-10-8-14(20)13(16)9-12(10)11-2-5-21(6-3-11)7-4-15(17,18)19/h8-9,11H,2-7,20H2,1H3. The Morgan fingerprint density at radius 3 is 2.43 bits per heavy atom. The summed E-state index contributed by atoms with van der Waals surface area (Å²) in [4.78, 5) is 1.83. The van der Waals surface area contributed by atoms with Crippen LogP contribution in [0.5, 0.6) is 0 Å². The number of hydrogen-bond donors (Lipinski definition) is 1. The summed E-state index contributed by atoms with van der Waals surface area (Å²) < 4.78 is 50.2. The van der Waals surface area contributed by atoms with Crippen molar-refractivity contribution in [1.82, 2.24) is 4.90 Å². The van der Waals surface area contributed by atoms with Crippen LogP contribution in [0.15, 0.2) is 12.1 Å². The quantitative estimate of drug-likeness (QED) is 0.679. The molecule has 1 aromatic carbocycles. The van der Waals surface area contributed by atoms with Crippen LogP contribution >= 0.6 is 0 Å². The number of alkyl halides is 3. The molecular weight excluding hydrogens is 284 g/mol. The molecular formula is C15H20F4N2. The second kappa shape index (κ2) is 6.22. The van der Waals surface area contributed by atoms with E-state index in [2.05, 4.69) is 0 Å². The molecule has 2 nitrogen and oxygen atoms in total. The van der Waals surface area contributed by atoms with E-state index in [1.54, 1.807) is 6.07 Å². The molecule has 0 aromatic heterocycles. The maximum atomic E-state index is 13.6. The molecule has 0 spiro atoms. The third kappa shape index (κ3) is 4.33. The Hall–Kier alpha value is -1.30. The molecule has 0 saturated carbocycles. The highest BCUT2D eigenvalue weighted by atomic mass is 19.4. The average molecular weight is 304 g/mol. The number of piperidine rings is 1. The van der Waals surface area contributed by atoms with Crippen LogP contribution in [0.25, 0.3) is 0 Å². The summed E-state index contributed by atoms with van der Waals surface area (Å²) in [5.74, 6) is -0.225. The van der Waals surface area contributed by atoms with E-state index in [1.165, 1.54) is 6.07 Å². The van der Waals surface area contributed by atoms with Gasteiger partial charge in [0.05, 0.1) is 12.1 Å². The summed E-state index contributed by atoms with van der Waals surface area (Å²) >= 11 is 0. The number of nitrogens with zero attached hydrogens (tertiary/aromatic N) is 1. The molecule has 0 atom stereocenters. The van der Waals surface area contributed by atoms with Gasteiger partial charge in [-0.1, -0.05) is 0 Å². The fraction of sp³-hybridized carbons (Fsp3) is 0.600. The van der Waals surface area contributed by atoms with Gasteiger partial charge in [-0.05, 0) is 62.0 Å². The third-order valence-corrected chi connectivity index (χ3v) is 4.12. The Bertz CT molecular complexity index is 491. The summed E-state index contributed by atoms with van der Waals surface area (Å²) in [6.45, 7) is 3.17. The molecule has 6 heteroatoms. The Balaban J connectivity index is 1.94. The molecule has 0 amide bonds. The lowest BCUT2D eigenvalue weighted by atomic mass is 9.86. The van der Waals surface area contributed by atoms with Gasteiger partial charge in [0, 0.05) is 6.54 Å². The molecule has 1 aromatic rings. The van der Waals surface area contributed by atoms with Crippen molar-refractivity contribution in [3.05, 3.63) is 29.1 Å². The fourth-order valence-electron chi connectivity index (χ4n) is 2.91. The predicted molar refractivity (Wildman–Crippen MR) is 74.6 cm³/mol. The van der Waals surface area contributed by atoms with Gasteiger partial charge in [-0.15, -0.1) is 0 Å². The Morgan fingerprint density at radius 1 is 1.24 bits per heavy atom. The smallest absolute Gasteiger partial charge is 0.390 e. The molecule has 21 heavy (non-hydrogen) atoms.